The molecule has 0 fully saturated rings. The van der Waals surface area contributed by atoms with Gasteiger partial charge in [0.25, 0.3) is 0 Å². The standard InChI is InChI=1S/C9H11N5.ClH/c1-3-4-10-8-7-5-13-14(2)9(7)12-6-11-8;/h3,5-6H,1,4H2,2H3,(H,10,11,12);1H. The average Bonchev–Trinajstić information content (AvgIpc) is 2.58. The van der Waals surface area contributed by atoms with Gasteiger partial charge in [-0.25, -0.2) is 9.97 Å². The zero-order valence-electron chi connectivity index (χ0n) is 8.34. The zero-order chi connectivity index (χ0) is 9.97. The van der Waals surface area contributed by atoms with Crippen molar-refractivity contribution in [1.29, 1.82) is 0 Å². The summed E-state index contributed by atoms with van der Waals surface area (Å²) in [4.78, 5) is 8.27. The fraction of sp³-hybridized carbons (Fsp3) is 0.222. The number of nitrogens with zero attached hydrogens (tertiary/aromatic N) is 4. The smallest absolute Gasteiger partial charge is 0.163 e. The van der Waals surface area contributed by atoms with Crippen LogP contribution >= 0.6 is 12.4 Å². The normalized spacial score (nSPS) is 9.67. The van der Waals surface area contributed by atoms with Gasteiger partial charge in [-0.1, -0.05) is 6.08 Å². The van der Waals surface area contributed by atoms with Crippen molar-refractivity contribution in [3.8, 4) is 0 Å². The number of nitrogens with one attached hydrogen (secondary N) is 1. The summed E-state index contributed by atoms with van der Waals surface area (Å²) < 4.78 is 1.72. The Kier molecular flexibility index (Phi) is 3.62. The lowest BCUT2D eigenvalue weighted by molar-refractivity contribution is 0.785. The fourth-order valence-electron chi connectivity index (χ4n) is 1.27. The van der Waals surface area contributed by atoms with E-state index in [1.807, 2.05) is 7.05 Å². The van der Waals surface area contributed by atoms with Gasteiger partial charge in [-0.05, 0) is 0 Å². The molecule has 0 aliphatic rings. The third kappa shape index (κ3) is 2.07. The fourth-order valence-corrected chi connectivity index (χ4v) is 1.27. The van der Waals surface area contributed by atoms with E-state index < -0.39 is 0 Å². The number of aryl methyl sites for hydroxylation is 1. The van der Waals surface area contributed by atoms with Crippen LogP contribution in [0, 0.1) is 0 Å². The van der Waals surface area contributed by atoms with Crippen molar-refractivity contribution in [1.82, 2.24) is 19.7 Å². The second-order valence-corrected chi connectivity index (χ2v) is 2.90. The van der Waals surface area contributed by atoms with E-state index in [0.717, 1.165) is 16.9 Å². The van der Waals surface area contributed by atoms with Crippen LogP contribution in [0.25, 0.3) is 11.0 Å². The van der Waals surface area contributed by atoms with Crippen molar-refractivity contribution in [3.05, 3.63) is 25.2 Å². The number of halogens is 1. The maximum absolute atomic E-state index is 4.13. The summed E-state index contributed by atoms with van der Waals surface area (Å²) >= 11 is 0. The number of anilines is 1. The highest BCUT2D eigenvalue weighted by Gasteiger charge is 2.05. The van der Waals surface area contributed by atoms with Crippen molar-refractivity contribution < 1.29 is 0 Å². The summed E-state index contributed by atoms with van der Waals surface area (Å²) in [7, 11) is 1.85. The van der Waals surface area contributed by atoms with Gasteiger partial charge in [0.2, 0.25) is 0 Å². The second-order valence-electron chi connectivity index (χ2n) is 2.90. The molecule has 0 radical (unpaired) electrons. The molecule has 0 amide bonds. The van der Waals surface area contributed by atoms with Crippen LogP contribution in [-0.2, 0) is 7.05 Å². The van der Waals surface area contributed by atoms with Gasteiger partial charge in [-0.2, -0.15) is 5.10 Å². The first kappa shape index (κ1) is 11.5. The second kappa shape index (κ2) is 4.75. The van der Waals surface area contributed by atoms with Gasteiger partial charge in [-0.15, -0.1) is 19.0 Å². The minimum absolute atomic E-state index is 0. The molecule has 0 saturated carbocycles. The van der Waals surface area contributed by atoms with Crippen LogP contribution in [0.5, 0.6) is 0 Å². The van der Waals surface area contributed by atoms with E-state index >= 15 is 0 Å². The molecule has 0 spiro atoms. The maximum Gasteiger partial charge on any atom is 0.163 e. The number of fused-ring (bicyclic) bond motifs is 1. The molecule has 5 nitrogen and oxygen atoms in total. The van der Waals surface area contributed by atoms with Crippen LogP contribution in [0.1, 0.15) is 0 Å². The molecule has 0 aromatic carbocycles. The van der Waals surface area contributed by atoms with Crippen molar-refractivity contribution in [2.45, 2.75) is 0 Å². The van der Waals surface area contributed by atoms with Crippen molar-refractivity contribution in [2.24, 2.45) is 7.05 Å². The highest BCUT2D eigenvalue weighted by molar-refractivity contribution is 5.86. The molecule has 2 aromatic heterocycles. The summed E-state index contributed by atoms with van der Waals surface area (Å²) in [5.74, 6) is 0.794. The van der Waals surface area contributed by atoms with E-state index in [0.29, 0.717) is 6.54 Å². The molecule has 0 bridgehead atoms. The van der Waals surface area contributed by atoms with Crippen LogP contribution in [-0.4, -0.2) is 26.3 Å². The quantitative estimate of drug-likeness (QED) is 0.802. The van der Waals surface area contributed by atoms with E-state index in [-0.39, 0.29) is 12.4 Å². The minimum Gasteiger partial charge on any atom is -0.366 e. The van der Waals surface area contributed by atoms with Gasteiger partial charge in [-0.3, -0.25) is 4.68 Å². The van der Waals surface area contributed by atoms with Gasteiger partial charge >= 0.3 is 0 Å². The Labute approximate surface area is 93.6 Å². The molecule has 2 heterocycles. The third-order valence-electron chi connectivity index (χ3n) is 1.94. The van der Waals surface area contributed by atoms with E-state index in [4.69, 9.17) is 0 Å². The zero-order valence-corrected chi connectivity index (χ0v) is 9.16. The lowest BCUT2D eigenvalue weighted by Gasteiger charge is -2.02. The highest BCUT2D eigenvalue weighted by atomic mass is 35.5. The summed E-state index contributed by atoms with van der Waals surface area (Å²) in [5.41, 5.74) is 0.826. The number of hydrogen-bond donors (Lipinski definition) is 1. The van der Waals surface area contributed by atoms with Crippen LogP contribution < -0.4 is 5.32 Å². The topological polar surface area (TPSA) is 55.6 Å². The molecular weight excluding hydrogens is 214 g/mol. The lowest BCUT2D eigenvalue weighted by Crippen LogP contribution is -2.01. The van der Waals surface area contributed by atoms with Crippen molar-refractivity contribution >= 4 is 29.3 Å². The van der Waals surface area contributed by atoms with E-state index in [9.17, 15) is 0 Å². The Bertz CT molecular complexity index is 464. The van der Waals surface area contributed by atoms with Crippen molar-refractivity contribution in [3.63, 3.8) is 0 Å². The Morgan fingerprint density at radius 3 is 3.07 bits per heavy atom. The molecule has 2 rings (SSSR count). The van der Waals surface area contributed by atoms with Crippen LogP contribution in [0.15, 0.2) is 25.2 Å². The third-order valence-corrected chi connectivity index (χ3v) is 1.94. The SMILES string of the molecule is C=CCNc1ncnc2c1cnn2C.Cl. The molecule has 1 N–H and O–H groups in total. The van der Waals surface area contributed by atoms with Crippen LogP contribution in [0.2, 0.25) is 0 Å². The van der Waals surface area contributed by atoms with E-state index in [1.54, 1.807) is 17.0 Å². The van der Waals surface area contributed by atoms with E-state index in [1.165, 1.54) is 6.33 Å². The molecule has 15 heavy (non-hydrogen) atoms. The predicted molar refractivity (Wildman–Crippen MR) is 62.2 cm³/mol. The molecule has 0 unspecified atom stereocenters. The molecule has 80 valence electrons. The summed E-state index contributed by atoms with van der Waals surface area (Å²) in [6.07, 6.45) is 5.06. The minimum atomic E-state index is 0. The molecule has 2 aromatic rings. The molecule has 0 aliphatic heterocycles. The number of rotatable bonds is 3. The Morgan fingerprint density at radius 1 is 1.53 bits per heavy atom. The molecular formula is C9H12ClN5. The van der Waals surface area contributed by atoms with E-state index in [2.05, 4.69) is 27.0 Å². The van der Waals surface area contributed by atoms with Gasteiger partial charge in [0.1, 0.15) is 12.1 Å². The average molecular weight is 226 g/mol. The predicted octanol–water partition coefficient (Wildman–Crippen LogP) is 1.38. The first-order chi connectivity index (χ1) is 6.83. The van der Waals surface area contributed by atoms with Crippen LogP contribution in [0.3, 0.4) is 0 Å². The number of hydrogen-bond acceptors (Lipinski definition) is 4. The number of aromatic nitrogens is 4. The van der Waals surface area contributed by atoms with Gasteiger partial charge < -0.3 is 5.32 Å². The summed E-state index contributed by atoms with van der Waals surface area (Å²) in [5, 5.41) is 8.17. The maximum atomic E-state index is 4.13. The molecule has 0 saturated heterocycles. The first-order valence-electron chi connectivity index (χ1n) is 4.30. The first-order valence-corrected chi connectivity index (χ1v) is 4.30. The van der Waals surface area contributed by atoms with Gasteiger partial charge in [0, 0.05) is 13.6 Å². The Hall–Kier alpha value is -1.62. The largest absolute Gasteiger partial charge is 0.366 e. The summed E-state index contributed by atoms with van der Waals surface area (Å²) in [6, 6.07) is 0. The Balaban J connectivity index is 0.00000112. The van der Waals surface area contributed by atoms with Crippen LogP contribution in [0.4, 0.5) is 5.82 Å². The van der Waals surface area contributed by atoms with Gasteiger partial charge in [0.15, 0.2) is 5.65 Å². The lowest BCUT2D eigenvalue weighted by atomic mass is 10.4. The Morgan fingerprint density at radius 2 is 2.33 bits per heavy atom. The molecule has 0 aliphatic carbocycles. The molecule has 6 heteroatoms. The van der Waals surface area contributed by atoms with Crippen molar-refractivity contribution in [2.75, 3.05) is 11.9 Å². The monoisotopic (exact) mass is 225 g/mol. The highest BCUT2D eigenvalue weighted by Crippen LogP contribution is 2.16. The van der Waals surface area contributed by atoms with Gasteiger partial charge in [0.05, 0.1) is 11.6 Å². The summed E-state index contributed by atoms with van der Waals surface area (Å²) in [6.45, 7) is 4.32. The molecule has 0 atom stereocenters.